The van der Waals surface area contributed by atoms with E-state index in [1.807, 2.05) is 7.05 Å². The molecule has 0 amide bonds. The Morgan fingerprint density at radius 1 is 1.21 bits per heavy atom. The molecule has 6 nitrogen and oxygen atoms in total. The van der Waals surface area contributed by atoms with Crippen molar-refractivity contribution in [3.63, 3.8) is 0 Å². The number of hydrogen-bond donors (Lipinski definition) is 2. The topological polar surface area (TPSA) is 72.9 Å². The van der Waals surface area contributed by atoms with Gasteiger partial charge in [-0.15, -0.1) is 0 Å². The lowest BCUT2D eigenvalue weighted by Crippen LogP contribution is -2.55. The zero-order valence-corrected chi connectivity index (χ0v) is 12.4. The molecule has 0 radical (unpaired) electrons. The predicted molar refractivity (Wildman–Crippen MR) is 74.0 cm³/mol. The summed E-state index contributed by atoms with van der Waals surface area (Å²) in [5.41, 5.74) is 0. The number of rotatable bonds is 4. The maximum atomic E-state index is 12.4. The number of likely N-dealkylation sites (N-methyl/N-ethyl adjacent to an activating group) is 1. The van der Waals surface area contributed by atoms with Crippen LogP contribution in [0.15, 0.2) is 0 Å². The van der Waals surface area contributed by atoms with E-state index in [1.54, 1.807) is 0 Å². The normalized spacial score (nSPS) is 31.5. The van der Waals surface area contributed by atoms with E-state index >= 15 is 0 Å². The highest BCUT2D eigenvalue weighted by Gasteiger charge is 2.33. The number of likely N-dealkylation sites (tertiary alicyclic amines) is 1. The molecule has 2 rings (SSSR count). The van der Waals surface area contributed by atoms with Crippen LogP contribution in [0.4, 0.5) is 0 Å². The summed E-state index contributed by atoms with van der Waals surface area (Å²) < 4.78 is 29.1. The number of aliphatic hydroxyl groups is 1. The molecular formula is C12H25N3O3S. The van der Waals surface area contributed by atoms with Crippen molar-refractivity contribution in [1.82, 2.24) is 13.9 Å². The first kappa shape index (κ1) is 15.2. The molecule has 2 aliphatic heterocycles. The predicted octanol–water partition coefficient (Wildman–Crippen LogP) is -0.238. The summed E-state index contributed by atoms with van der Waals surface area (Å²) in [7, 11) is -1.46. The lowest BCUT2D eigenvalue weighted by Gasteiger charge is -2.36. The molecule has 0 saturated carbocycles. The Morgan fingerprint density at radius 2 is 2.00 bits per heavy atom. The van der Waals surface area contributed by atoms with Gasteiger partial charge in [0.15, 0.2) is 0 Å². The summed E-state index contributed by atoms with van der Waals surface area (Å²) >= 11 is 0. The number of nitrogens with one attached hydrogen (secondary N) is 1. The first-order valence-electron chi connectivity index (χ1n) is 7.11. The van der Waals surface area contributed by atoms with E-state index in [-0.39, 0.29) is 18.7 Å². The largest absolute Gasteiger partial charge is 0.395 e. The van der Waals surface area contributed by atoms with E-state index in [0.29, 0.717) is 6.54 Å². The molecule has 2 atom stereocenters. The van der Waals surface area contributed by atoms with Crippen molar-refractivity contribution in [2.24, 2.45) is 0 Å². The van der Waals surface area contributed by atoms with Crippen LogP contribution in [-0.2, 0) is 10.2 Å². The van der Waals surface area contributed by atoms with Crippen LogP contribution in [0.25, 0.3) is 0 Å². The van der Waals surface area contributed by atoms with Gasteiger partial charge in [-0.3, -0.25) is 0 Å². The van der Waals surface area contributed by atoms with E-state index in [1.165, 1.54) is 4.31 Å². The maximum absolute atomic E-state index is 12.4. The van der Waals surface area contributed by atoms with Crippen LogP contribution in [0.2, 0.25) is 0 Å². The number of nitrogens with zero attached hydrogens (tertiary/aromatic N) is 2. The minimum absolute atomic E-state index is 0.00924. The van der Waals surface area contributed by atoms with Gasteiger partial charge in [-0.2, -0.15) is 17.4 Å². The van der Waals surface area contributed by atoms with Gasteiger partial charge in [0.25, 0.3) is 10.2 Å². The van der Waals surface area contributed by atoms with Gasteiger partial charge >= 0.3 is 0 Å². The molecule has 2 fully saturated rings. The van der Waals surface area contributed by atoms with Crippen molar-refractivity contribution < 1.29 is 13.5 Å². The fourth-order valence-electron chi connectivity index (χ4n) is 3.01. The molecule has 2 unspecified atom stereocenters. The molecule has 0 bridgehead atoms. The Morgan fingerprint density at radius 3 is 2.68 bits per heavy atom. The highest BCUT2D eigenvalue weighted by molar-refractivity contribution is 7.87. The lowest BCUT2D eigenvalue weighted by atomic mass is 10.1. The lowest BCUT2D eigenvalue weighted by molar-refractivity contribution is 0.152. The van der Waals surface area contributed by atoms with Gasteiger partial charge in [0.1, 0.15) is 0 Å². The molecule has 2 heterocycles. The monoisotopic (exact) mass is 291 g/mol. The van der Waals surface area contributed by atoms with Gasteiger partial charge < -0.3 is 10.0 Å². The van der Waals surface area contributed by atoms with Crippen molar-refractivity contribution in [3.8, 4) is 0 Å². The van der Waals surface area contributed by atoms with E-state index in [2.05, 4.69) is 9.62 Å². The molecule has 2 aliphatic rings. The van der Waals surface area contributed by atoms with Crippen molar-refractivity contribution in [2.75, 3.05) is 33.3 Å². The smallest absolute Gasteiger partial charge is 0.280 e. The van der Waals surface area contributed by atoms with Gasteiger partial charge in [0.2, 0.25) is 0 Å². The quantitative estimate of drug-likeness (QED) is 0.750. The van der Waals surface area contributed by atoms with Gasteiger partial charge in [0.05, 0.1) is 6.61 Å². The first-order chi connectivity index (χ1) is 9.03. The van der Waals surface area contributed by atoms with Crippen LogP contribution in [0.1, 0.15) is 32.1 Å². The van der Waals surface area contributed by atoms with E-state index in [4.69, 9.17) is 0 Å². The summed E-state index contributed by atoms with van der Waals surface area (Å²) in [5, 5.41) is 9.33. The fraction of sp³-hybridized carbons (Fsp3) is 1.00. The first-order valence-corrected chi connectivity index (χ1v) is 8.55. The molecule has 7 heteroatoms. The average molecular weight is 291 g/mol. The Hall–Kier alpha value is -0.210. The van der Waals surface area contributed by atoms with Gasteiger partial charge in [0, 0.05) is 25.2 Å². The Balaban J connectivity index is 2.00. The molecule has 112 valence electrons. The number of piperidine rings is 2. The second-order valence-electron chi connectivity index (χ2n) is 5.67. The second-order valence-corrected chi connectivity index (χ2v) is 7.32. The molecule has 0 aromatic rings. The Bertz CT molecular complexity index is 388. The fourth-order valence-corrected chi connectivity index (χ4v) is 4.70. The highest BCUT2D eigenvalue weighted by atomic mass is 32.2. The third-order valence-electron chi connectivity index (χ3n) is 4.03. The van der Waals surface area contributed by atoms with Crippen LogP contribution in [-0.4, -0.2) is 68.1 Å². The SMILES string of the molecule is CN1CCCC(NS(=O)(=O)N2CCCCC2CO)C1. The molecule has 2 saturated heterocycles. The summed E-state index contributed by atoms with van der Waals surface area (Å²) in [4.78, 5) is 2.15. The van der Waals surface area contributed by atoms with Gasteiger partial charge in [-0.25, -0.2) is 0 Å². The maximum Gasteiger partial charge on any atom is 0.280 e. The Labute approximate surface area is 116 Å². The number of aliphatic hydroxyl groups excluding tert-OH is 1. The zero-order valence-electron chi connectivity index (χ0n) is 11.6. The van der Waals surface area contributed by atoms with Crippen LogP contribution in [0.5, 0.6) is 0 Å². The third-order valence-corrected chi connectivity index (χ3v) is 5.76. The molecule has 0 aromatic carbocycles. The standard InChI is InChI=1S/C12H25N3O3S/c1-14-7-4-5-11(9-14)13-19(17,18)15-8-3-2-6-12(15)10-16/h11-13,16H,2-10H2,1H3. The zero-order chi connectivity index (χ0) is 13.9. The Kier molecular flexibility index (Phi) is 5.19. The van der Waals surface area contributed by atoms with E-state index in [0.717, 1.165) is 45.2 Å². The van der Waals surface area contributed by atoms with Crippen LogP contribution in [0, 0.1) is 0 Å². The number of hydrogen-bond acceptors (Lipinski definition) is 4. The molecule has 0 aromatic heterocycles. The highest BCUT2D eigenvalue weighted by Crippen LogP contribution is 2.20. The van der Waals surface area contributed by atoms with Crippen LogP contribution in [0.3, 0.4) is 0 Å². The van der Waals surface area contributed by atoms with E-state index in [9.17, 15) is 13.5 Å². The van der Waals surface area contributed by atoms with Gasteiger partial charge in [-0.1, -0.05) is 6.42 Å². The molecule has 0 spiro atoms. The minimum Gasteiger partial charge on any atom is -0.395 e. The van der Waals surface area contributed by atoms with Crippen molar-refractivity contribution in [3.05, 3.63) is 0 Å². The average Bonchev–Trinajstić information content (AvgIpc) is 2.38. The van der Waals surface area contributed by atoms with Crippen LogP contribution < -0.4 is 4.72 Å². The van der Waals surface area contributed by atoms with Gasteiger partial charge in [-0.05, 0) is 39.3 Å². The van der Waals surface area contributed by atoms with Crippen molar-refractivity contribution >= 4 is 10.2 Å². The second kappa shape index (κ2) is 6.49. The van der Waals surface area contributed by atoms with Crippen molar-refractivity contribution in [2.45, 2.75) is 44.2 Å². The molecule has 2 N–H and O–H groups in total. The summed E-state index contributed by atoms with van der Waals surface area (Å²) in [6.07, 6.45) is 4.53. The summed E-state index contributed by atoms with van der Waals surface area (Å²) in [5.74, 6) is 0. The van der Waals surface area contributed by atoms with Crippen LogP contribution >= 0.6 is 0 Å². The minimum atomic E-state index is -3.47. The van der Waals surface area contributed by atoms with E-state index < -0.39 is 10.2 Å². The third kappa shape index (κ3) is 3.88. The molecular weight excluding hydrogens is 266 g/mol. The summed E-state index contributed by atoms with van der Waals surface area (Å²) in [6, 6.07) is -0.266. The summed E-state index contributed by atoms with van der Waals surface area (Å²) in [6.45, 7) is 2.21. The molecule has 0 aliphatic carbocycles. The van der Waals surface area contributed by atoms with Crippen molar-refractivity contribution in [1.29, 1.82) is 0 Å². The molecule has 19 heavy (non-hydrogen) atoms.